The van der Waals surface area contributed by atoms with Crippen LogP contribution in [0.25, 0.3) is 11.3 Å². The zero-order chi connectivity index (χ0) is 13.3. The average molecular weight is 264 g/mol. The lowest BCUT2D eigenvalue weighted by Gasteiger charge is -2.05. The van der Waals surface area contributed by atoms with Crippen LogP contribution >= 0.6 is 11.6 Å². The van der Waals surface area contributed by atoms with Crippen molar-refractivity contribution in [1.82, 2.24) is 14.9 Å². The number of benzene rings is 1. The molecule has 3 nitrogen and oxygen atoms in total. The summed E-state index contributed by atoms with van der Waals surface area (Å²) in [5, 5.41) is 3.79. The first-order valence-electron chi connectivity index (χ1n) is 5.98. The van der Waals surface area contributed by atoms with E-state index < -0.39 is 0 Å². The van der Waals surface area contributed by atoms with Gasteiger partial charge in [-0.2, -0.15) is 0 Å². The third kappa shape index (κ3) is 2.28. The van der Waals surface area contributed by atoms with E-state index in [1.807, 2.05) is 18.7 Å². The van der Waals surface area contributed by atoms with E-state index in [-0.39, 0.29) is 0 Å². The van der Waals surface area contributed by atoms with Crippen molar-refractivity contribution in [2.45, 2.75) is 20.4 Å². The molecule has 96 valence electrons. The molecule has 0 amide bonds. The molecule has 1 aromatic carbocycles. The smallest absolute Gasteiger partial charge is 0.136 e. The van der Waals surface area contributed by atoms with Gasteiger partial charge < -0.3 is 9.88 Å². The van der Waals surface area contributed by atoms with Gasteiger partial charge in [0.15, 0.2) is 0 Å². The third-order valence-corrected chi connectivity index (χ3v) is 3.53. The molecule has 0 aliphatic carbocycles. The summed E-state index contributed by atoms with van der Waals surface area (Å²) < 4.78 is 1.93. The molecule has 0 saturated heterocycles. The summed E-state index contributed by atoms with van der Waals surface area (Å²) in [4.78, 5) is 4.64. The zero-order valence-corrected chi connectivity index (χ0v) is 12.0. The summed E-state index contributed by atoms with van der Waals surface area (Å²) >= 11 is 6.38. The van der Waals surface area contributed by atoms with Crippen molar-refractivity contribution in [3.63, 3.8) is 0 Å². The summed E-state index contributed by atoms with van der Waals surface area (Å²) in [6, 6.07) is 6.34. The minimum atomic E-state index is 0.689. The molecule has 0 aliphatic rings. The van der Waals surface area contributed by atoms with Gasteiger partial charge in [0.1, 0.15) is 16.7 Å². The van der Waals surface area contributed by atoms with Crippen molar-refractivity contribution in [2.75, 3.05) is 7.05 Å². The van der Waals surface area contributed by atoms with E-state index in [0.717, 1.165) is 17.1 Å². The van der Waals surface area contributed by atoms with Crippen LogP contribution in [0.4, 0.5) is 0 Å². The standard InChI is InChI=1S/C14H18ClN3/c1-9-5-6-10(2)11(7-9)13-14(15)18(4)12(17-13)8-16-3/h5-7,16H,8H2,1-4H3. The van der Waals surface area contributed by atoms with E-state index in [1.165, 1.54) is 11.1 Å². The minimum Gasteiger partial charge on any atom is -0.321 e. The zero-order valence-electron chi connectivity index (χ0n) is 11.2. The number of hydrogen-bond acceptors (Lipinski definition) is 2. The predicted molar refractivity (Wildman–Crippen MR) is 75.9 cm³/mol. The highest BCUT2D eigenvalue weighted by atomic mass is 35.5. The highest BCUT2D eigenvalue weighted by molar-refractivity contribution is 6.32. The van der Waals surface area contributed by atoms with Gasteiger partial charge in [0.2, 0.25) is 0 Å². The van der Waals surface area contributed by atoms with Crippen LogP contribution in [-0.4, -0.2) is 16.6 Å². The van der Waals surface area contributed by atoms with E-state index in [0.29, 0.717) is 11.7 Å². The molecule has 0 fully saturated rings. The molecule has 0 saturated carbocycles. The number of hydrogen-bond donors (Lipinski definition) is 1. The maximum atomic E-state index is 6.38. The first-order valence-corrected chi connectivity index (χ1v) is 6.35. The summed E-state index contributed by atoms with van der Waals surface area (Å²) in [7, 11) is 3.84. The third-order valence-electron chi connectivity index (χ3n) is 3.10. The van der Waals surface area contributed by atoms with Gasteiger partial charge in [-0.05, 0) is 32.5 Å². The molecule has 0 aliphatic heterocycles. The molecule has 0 spiro atoms. The Morgan fingerprint density at radius 2 is 2.06 bits per heavy atom. The Kier molecular flexibility index (Phi) is 3.73. The normalized spacial score (nSPS) is 10.9. The summed E-state index contributed by atoms with van der Waals surface area (Å²) in [5.41, 5.74) is 4.38. The lowest BCUT2D eigenvalue weighted by atomic mass is 10.0. The number of nitrogens with one attached hydrogen (secondary N) is 1. The largest absolute Gasteiger partial charge is 0.321 e. The number of rotatable bonds is 3. The Bertz CT molecular complexity index is 573. The molecule has 0 bridgehead atoms. The topological polar surface area (TPSA) is 29.9 Å². The molecule has 0 atom stereocenters. The number of halogens is 1. The monoisotopic (exact) mass is 263 g/mol. The molecule has 1 heterocycles. The van der Waals surface area contributed by atoms with Crippen molar-refractivity contribution < 1.29 is 0 Å². The average Bonchev–Trinajstić information content (AvgIpc) is 2.61. The van der Waals surface area contributed by atoms with E-state index in [1.54, 1.807) is 0 Å². The van der Waals surface area contributed by atoms with E-state index in [2.05, 4.69) is 42.3 Å². The second-order valence-electron chi connectivity index (χ2n) is 4.58. The predicted octanol–water partition coefficient (Wildman–Crippen LogP) is 3.08. The minimum absolute atomic E-state index is 0.689. The summed E-state index contributed by atoms with van der Waals surface area (Å²) in [6.07, 6.45) is 0. The fraction of sp³-hybridized carbons (Fsp3) is 0.357. The molecule has 1 N–H and O–H groups in total. The van der Waals surface area contributed by atoms with Gasteiger partial charge in [0.25, 0.3) is 0 Å². The lowest BCUT2D eigenvalue weighted by molar-refractivity contribution is 0.710. The van der Waals surface area contributed by atoms with Crippen LogP contribution in [0.3, 0.4) is 0 Å². The van der Waals surface area contributed by atoms with Crippen molar-refractivity contribution in [3.05, 3.63) is 40.3 Å². The fourth-order valence-electron chi connectivity index (χ4n) is 2.00. The highest BCUT2D eigenvalue weighted by Crippen LogP contribution is 2.30. The second-order valence-corrected chi connectivity index (χ2v) is 4.93. The first kappa shape index (κ1) is 13.1. The van der Waals surface area contributed by atoms with Gasteiger partial charge in [-0.15, -0.1) is 0 Å². The quantitative estimate of drug-likeness (QED) is 0.922. The Morgan fingerprint density at radius 1 is 1.33 bits per heavy atom. The number of nitrogens with zero attached hydrogens (tertiary/aromatic N) is 2. The van der Waals surface area contributed by atoms with E-state index in [9.17, 15) is 0 Å². The molecule has 18 heavy (non-hydrogen) atoms. The van der Waals surface area contributed by atoms with Crippen molar-refractivity contribution in [3.8, 4) is 11.3 Å². The second kappa shape index (κ2) is 5.12. The van der Waals surface area contributed by atoms with Gasteiger partial charge in [-0.1, -0.05) is 29.3 Å². The lowest BCUT2D eigenvalue weighted by Crippen LogP contribution is -2.10. The number of imidazole rings is 1. The number of aryl methyl sites for hydroxylation is 2. The molecular formula is C14H18ClN3. The SMILES string of the molecule is CNCc1nc(-c2cc(C)ccc2C)c(Cl)n1C. The van der Waals surface area contributed by atoms with Gasteiger partial charge in [-0.25, -0.2) is 4.98 Å². The Labute approximate surface area is 113 Å². The van der Waals surface area contributed by atoms with Crippen LogP contribution in [0, 0.1) is 13.8 Å². The summed E-state index contributed by atoms with van der Waals surface area (Å²) in [5.74, 6) is 0.943. The van der Waals surface area contributed by atoms with Crippen molar-refractivity contribution >= 4 is 11.6 Å². The van der Waals surface area contributed by atoms with Crippen LogP contribution in [0.2, 0.25) is 5.15 Å². The van der Waals surface area contributed by atoms with Crippen molar-refractivity contribution in [2.24, 2.45) is 7.05 Å². The Hall–Kier alpha value is -1.32. The molecule has 0 unspecified atom stereocenters. The Balaban J connectivity index is 2.57. The molecule has 1 aromatic heterocycles. The van der Waals surface area contributed by atoms with Gasteiger partial charge in [0.05, 0.1) is 6.54 Å². The van der Waals surface area contributed by atoms with E-state index in [4.69, 9.17) is 11.6 Å². The number of aromatic nitrogens is 2. The van der Waals surface area contributed by atoms with Crippen LogP contribution in [0.5, 0.6) is 0 Å². The Morgan fingerprint density at radius 3 is 2.72 bits per heavy atom. The van der Waals surface area contributed by atoms with Crippen LogP contribution < -0.4 is 5.32 Å². The highest BCUT2D eigenvalue weighted by Gasteiger charge is 2.15. The van der Waals surface area contributed by atoms with Gasteiger partial charge >= 0.3 is 0 Å². The van der Waals surface area contributed by atoms with Crippen LogP contribution in [-0.2, 0) is 13.6 Å². The fourth-order valence-corrected chi connectivity index (χ4v) is 2.24. The molecular weight excluding hydrogens is 246 g/mol. The van der Waals surface area contributed by atoms with Crippen LogP contribution in [0.15, 0.2) is 18.2 Å². The molecule has 2 rings (SSSR count). The molecule has 4 heteroatoms. The van der Waals surface area contributed by atoms with Crippen LogP contribution in [0.1, 0.15) is 17.0 Å². The van der Waals surface area contributed by atoms with Gasteiger partial charge in [0, 0.05) is 12.6 Å². The maximum Gasteiger partial charge on any atom is 0.136 e. The first-order chi connectivity index (χ1) is 8.54. The van der Waals surface area contributed by atoms with Gasteiger partial charge in [-0.3, -0.25) is 0 Å². The maximum absolute atomic E-state index is 6.38. The molecule has 0 radical (unpaired) electrons. The van der Waals surface area contributed by atoms with E-state index >= 15 is 0 Å². The summed E-state index contributed by atoms with van der Waals surface area (Å²) in [6.45, 7) is 4.87. The molecule has 2 aromatic rings. The van der Waals surface area contributed by atoms with Crippen molar-refractivity contribution in [1.29, 1.82) is 0 Å².